The van der Waals surface area contributed by atoms with Crippen LogP contribution < -0.4 is 4.74 Å². The summed E-state index contributed by atoms with van der Waals surface area (Å²) in [6, 6.07) is 13.4. The average Bonchev–Trinajstić information content (AvgIpc) is 2.87. The molecule has 0 radical (unpaired) electrons. The molecule has 1 aromatic heterocycles. The fraction of sp³-hybridized carbons (Fsp3) is 0.400. The van der Waals surface area contributed by atoms with E-state index in [0.717, 1.165) is 61.0 Å². The average molecular weight is 540 g/mol. The second-order valence-corrected chi connectivity index (χ2v) is 10.6. The molecule has 7 heteroatoms. The van der Waals surface area contributed by atoms with Gasteiger partial charge in [0.15, 0.2) is 0 Å². The first-order chi connectivity index (χ1) is 17.9. The predicted molar refractivity (Wildman–Crippen MR) is 149 cm³/mol. The number of methoxy groups -OCH3 is 1. The highest BCUT2D eigenvalue weighted by atomic mass is 35.5. The number of hydrogen-bond acceptors (Lipinski definition) is 4. The number of nitrogens with zero attached hydrogens (tertiary/aromatic N) is 2. The number of aliphatic carboxylic acids is 1. The Balaban J connectivity index is 1.36. The van der Waals surface area contributed by atoms with Crippen LogP contribution in [0.2, 0.25) is 10.0 Å². The number of carboxylic acids is 1. The first kappa shape index (κ1) is 27.3. The number of ether oxygens (including phenoxy) is 1. The minimum absolute atomic E-state index is 0.205. The van der Waals surface area contributed by atoms with Crippen molar-refractivity contribution in [1.29, 1.82) is 0 Å². The molecule has 1 aliphatic rings. The lowest BCUT2D eigenvalue weighted by atomic mass is 9.79. The highest BCUT2D eigenvalue weighted by molar-refractivity contribution is 6.34. The largest absolute Gasteiger partial charge is 0.497 e. The number of halogens is 2. The van der Waals surface area contributed by atoms with Gasteiger partial charge in [0.2, 0.25) is 0 Å². The van der Waals surface area contributed by atoms with Crippen LogP contribution in [0.1, 0.15) is 43.2 Å². The van der Waals surface area contributed by atoms with E-state index in [0.29, 0.717) is 34.8 Å². The zero-order valence-corrected chi connectivity index (χ0v) is 22.6. The molecule has 3 aromatic rings. The lowest BCUT2D eigenvalue weighted by Crippen LogP contribution is -2.41. The molecule has 1 N–H and O–H groups in total. The quantitative estimate of drug-likeness (QED) is 0.306. The Morgan fingerprint density at radius 3 is 2.70 bits per heavy atom. The number of carboxylic acid groups (broad SMARTS) is 1. The fourth-order valence-corrected chi connectivity index (χ4v) is 5.80. The number of aryl methyl sites for hydroxylation is 1. The van der Waals surface area contributed by atoms with Gasteiger partial charge in [0.25, 0.3) is 0 Å². The molecule has 0 amide bonds. The standard InChI is InChI=1S/C30H32Cl2N2O3/c1-37-27-8-9-29-28(19-27)23(11-13-33-29)6-2-5-22-12-15-34(20-24(22)7-10-30(35)36)14-3-4-21-16-25(31)18-26(32)17-21/h8-9,11,13,16-19,22,24H,2,5-7,10,12,14-15,20H2,1H3,(H,35,36)/t22-,24+/m1/s1. The summed E-state index contributed by atoms with van der Waals surface area (Å²) in [6.45, 7) is 2.48. The van der Waals surface area contributed by atoms with Crippen LogP contribution >= 0.6 is 23.2 Å². The van der Waals surface area contributed by atoms with Gasteiger partial charge in [-0.1, -0.05) is 35.0 Å². The summed E-state index contributed by atoms with van der Waals surface area (Å²) < 4.78 is 5.41. The smallest absolute Gasteiger partial charge is 0.303 e. The molecule has 2 heterocycles. The van der Waals surface area contributed by atoms with Crippen LogP contribution in [0.25, 0.3) is 10.9 Å². The van der Waals surface area contributed by atoms with E-state index in [1.54, 1.807) is 13.2 Å². The Hall–Kier alpha value is -2.78. The van der Waals surface area contributed by atoms with Gasteiger partial charge in [0, 0.05) is 40.2 Å². The minimum atomic E-state index is -0.731. The molecule has 2 atom stereocenters. The van der Waals surface area contributed by atoms with Crippen LogP contribution in [0, 0.1) is 23.7 Å². The van der Waals surface area contributed by atoms with Crippen molar-refractivity contribution in [3.63, 3.8) is 0 Å². The summed E-state index contributed by atoms with van der Waals surface area (Å²) in [4.78, 5) is 18.1. The summed E-state index contributed by atoms with van der Waals surface area (Å²) >= 11 is 12.2. The lowest BCUT2D eigenvalue weighted by Gasteiger charge is -2.38. The van der Waals surface area contributed by atoms with Crippen LogP contribution in [-0.4, -0.2) is 47.7 Å². The second-order valence-electron chi connectivity index (χ2n) is 9.68. The molecule has 0 bridgehead atoms. The Bertz CT molecular complexity index is 1280. The molecular weight excluding hydrogens is 507 g/mol. The van der Waals surface area contributed by atoms with Crippen LogP contribution in [0.4, 0.5) is 0 Å². The van der Waals surface area contributed by atoms with Crippen molar-refractivity contribution in [1.82, 2.24) is 9.88 Å². The number of fused-ring (bicyclic) bond motifs is 1. The van der Waals surface area contributed by atoms with E-state index >= 15 is 0 Å². The van der Waals surface area contributed by atoms with Gasteiger partial charge in [0.1, 0.15) is 5.75 Å². The third-order valence-electron chi connectivity index (χ3n) is 7.16. The number of rotatable bonds is 9. The molecule has 1 aliphatic heterocycles. The Kier molecular flexibility index (Phi) is 9.68. The van der Waals surface area contributed by atoms with Gasteiger partial charge in [-0.05, 0) is 98.5 Å². The molecular formula is C30H32Cl2N2O3. The SMILES string of the molecule is COc1ccc2nccc(CCC[C@@H]3CCN(CC#Cc4cc(Cl)cc(Cl)c4)C[C@@H]3CCC(=O)O)c2c1. The van der Waals surface area contributed by atoms with E-state index in [2.05, 4.69) is 33.9 Å². The maximum absolute atomic E-state index is 11.3. The van der Waals surface area contributed by atoms with Crippen molar-refractivity contribution in [3.05, 3.63) is 69.8 Å². The van der Waals surface area contributed by atoms with Crippen molar-refractivity contribution < 1.29 is 14.6 Å². The van der Waals surface area contributed by atoms with Gasteiger partial charge >= 0.3 is 5.97 Å². The van der Waals surface area contributed by atoms with E-state index < -0.39 is 5.97 Å². The van der Waals surface area contributed by atoms with Gasteiger partial charge in [-0.2, -0.15) is 0 Å². The number of hydrogen-bond donors (Lipinski definition) is 1. The molecule has 37 heavy (non-hydrogen) atoms. The maximum Gasteiger partial charge on any atom is 0.303 e. The van der Waals surface area contributed by atoms with Crippen LogP contribution in [-0.2, 0) is 11.2 Å². The first-order valence-corrected chi connectivity index (χ1v) is 13.5. The monoisotopic (exact) mass is 538 g/mol. The molecule has 5 nitrogen and oxygen atoms in total. The summed E-state index contributed by atoms with van der Waals surface area (Å²) in [7, 11) is 1.68. The molecule has 2 aromatic carbocycles. The van der Waals surface area contributed by atoms with Crippen molar-refractivity contribution in [2.24, 2.45) is 11.8 Å². The van der Waals surface area contributed by atoms with Gasteiger partial charge in [-0.3, -0.25) is 14.7 Å². The molecule has 0 unspecified atom stereocenters. The topological polar surface area (TPSA) is 62.7 Å². The Morgan fingerprint density at radius 1 is 1.14 bits per heavy atom. The zero-order valence-electron chi connectivity index (χ0n) is 21.1. The maximum atomic E-state index is 11.3. The van der Waals surface area contributed by atoms with Crippen LogP contribution in [0.15, 0.2) is 48.7 Å². The molecule has 0 spiro atoms. The number of pyridine rings is 1. The van der Waals surface area contributed by atoms with Crippen molar-refractivity contribution in [2.45, 2.75) is 38.5 Å². The summed E-state index contributed by atoms with van der Waals surface area (Å²) in [5, 5.41) is 11.6. The molecule has 0 saturated carbocycles. The molecule has 194 valence electrons. The second kappa shape index (κ2) is 13.1. The summed E-state index contributed by atoms with van der Waals surface area (Å²) in [5.74, 6) is 7.37. The van der Waals surface area contributed by atoms with Gasteiger partial charge in [-0.25, -0.2) is 0 Å². The number of benzene rings is 2. The highest BCUT2D eigenvalue weighted by Crippen LogP contribution is 2.32. The number of piperidine rings is 1. The zero-order chi connectivity index (χ0) is 26.2. The Labute approximate surface area is 228 Å². The summed E-state index contributed by atoms with van der Waals surface area (Å²) in [5.41, 5.74) is 3.06. The normalized spacial score (nSPS) is 17.8. The number of carbonyl (C=O) groups is 1. The fourth-order valence-electron chi connectivity index (χ4n) is 5.28. The number of aromatic nitrogens is 1. The van der Waals surface area contributed by atoms with Crippen molar-refractivity contribution in [2.75, 3.05) is 26.7 Å². The van der Waals surface area contributed by atoms with E-state index in [9.17, 15) is 9.90 Å². The van der Waals surface area contributed by atoms with Crippen LogP contribution in [0.5, 0.6) is 5.75 Å². The highest BCUT2D eigenvalue weighted by Gasteiger charge is 2.29. The third kappa shape index (κ3) is 7.85. The molecule has 1 saturated heterocycles. The van der Waals surface area contributed by atoms with Crippen LogP contribution in [0.3, 0.4) is 0 Å². The number of likely N-dealkylation sites (tertiary alicyclic amines) is 1. The molecule has 4 rings (SSSR count). The Morgan fingerprint density at radius 2 is 1.95 bits per heavy atom. The predicted octanol–water partition coefficient (Wildman–Crippen LogP) is 6.73. The minimum Gasteiger partial charge on any atom is -0.497 e. The summed E-state index contributed by atoms with van der Waals surface area (Å²) in [6.07, 6.45) is 6.93. The first-order valence-electron chi connectivity index (χ1n) is 12.7. The van der Waals surface area contributed by atoms with E-state index in [-0.39, 0.29) is 6.42 Å². The van der Waals surface area contributed by atoms with E-state index in [1.807, 2.05) is 30.5 Å². The third-order valence-corrected chi connectivity index (χ3v) is 7.60. The van der Waals surface area contributed by atoms with Gasteiger partial charge in [0.05, 0.1) is 19.2 Å². The van der Waals surface area contributed by atoms with Gasteiger partial charge in [-0.15, -0.1) is 0 Å². The van der Waals surface area contributed by atoms with Crippen molar-refractivity contribution in [3.8, 4) is 17.6 Å². The van der Waals surface area contributed by atoms with Crippen molar-refractivity contribution >= 4 is 40.1 Å². The van der Waals surface area contributed by atoms with E-state index in [1.165, 1.54) is 5.56 Å². The molecule has 0 aliphatic carbocycles. The van der Waals surface area contributed by atoms with Gasteiger partial charge < -0.3 is 9.84 Å². The molecule has 1 fully saturated rings. The van der Waals surface area contributed by atoms with E-state index in [4.69, 9.17) is 27.9 Å². The lowest BCUT2D eigenvalue weighted by molar-refractivity contribution is -0.137.